The van der Waals surface area contributed by atoms with Gasteiger partial charge in [-0.05, 0) is 51.2 Å². The molecule has 3 rings (SSSR count). The van der Waals surface area contributed by atoms with Gasteiger partial charge in [-0.3, -0.25) is 9.59 Å². The SMILES string of the molecule is Cc1ccc2c(c1)CCCN2C(=O)C(NC(=O)C1CC1)C(C)O. The fourth-order valence-corrected chi connectivity index (χ4v) is 3.13. The van der Waals surface area contributed by atoms with Crippen LogP contribution in [0.3, 0.4) is 0 Å². The van der Waals surface area contributed by atoms with Crippen LogP contribution in [0.4, 0.5) is 5.69 Å². The third-order valence-corrected chi connectivity index (χ3v) is 4.61. The van der Waals surface area contributed by atoms with Gasteiger partial charge < -0.3 is 15.3 Å². The normalized spacial score (nSPS) is 19.7. The predicted molar refractivity (Wildman–Crippen MR) is 88.2 cm³/mol. The number of hydrogen-bond donors (Lipinski definition) is 2. The van der Waals surface area contributed by atoms with Crippen LogP contribution in [0.1, 0.15) is 37.3 Å². The third kappa shape index (κ3) is 3.39. The van der Waals surface area contributed by atoms with Gasteiger partial charge in [0.15, 0.2) is 0 Å². The summed E-state index contributed by atoms with van der Waals surface area (Å²) in [7, 11) is 0. The molecule has 1 heterocycles. The first-order valence-corrected chi connectivity index (χ1v) is 8.36. The van der Waals surface area contributed by atoms with Crippen molar-refractivity contribution in [1.29, 1.82) is 0 Å². The quantitative estimate of drug-likeness (QED) is 0.885. The van der Waals surface area contributed by atoms with Crippen molar-refractivity contribution < 1.29 is 14.7 Å². The van der Waals surface area contributed by atoms with E-state index in [1.165, 1.54) is 5.56 Å². The van der Waals surface area contributed by atoms with E-state index in [1.807, 2.05) is 19.1 Å². The number of anilines is 1. The van der Waals surface area contributed by atoms with E-state index in [0.717, 1.165) is 36.9 Å². The Bertz CT molecular complexity index is 623. The number of benzene rings is 1. The number of nitrogens with one attached hydrogen (secondary N) is 1. The lowest BCUT2D eigenvalue weighted by atomic mass is 9.98. The highest BCUT2D eigenvalue weighted by atomic mass is 16.3. The summed E-state index contributed by atoms with van der Waals surface area (Å²) in [5, 5.41) is 12.7. The summed E-state index contributed by atoms with van der Waals surface area (Å²) in [4.78, 5) is 26.6. The lowest BCUT2D eigenvalue weighted by Gasteiger charge is -2.33. The second kappa shape index (κ2) is 6.32. The predicted octanol–water partition coefficient (Wildman–Crippen LogP) is 1.55. The smallest absolute Gasteiger partial charge is 0.252 e. The number of hydrogen-bond acceptors (Lipinski definition) is 3. The van der Waals surface area contributed by atoms with Crippen LogP contribution in [-0.2, 0) is 16.0 Å². The Labute approximate surface area is 136 Å². The van der Waals surface area contributed by atoms with Gasteiger partial charge in [0.05, 0.1) is 6.10 Å². The van der Waals surface area contributed by atoms with Crippen molar-refractivity contribution in [1.82, 2.24) is 5.32 Å². The number of carbonyl (C=O) groups is 2. The molecule has 1 aromatic rings. The zero-order valence-corrected chi connectivity index (χ0v) is 13.7. The molecule has 23 heavy (non-hydrogen) atoms. The van der Waals surface area contributed by atoms with Crippen LogP contribution < -0.4 is 10.2 Å². The van der Waals surface area contributed by atoms with E-state index in [2.05, 4.69) is 11.4 Å². The van der Waals surface area contributed by atoms with Crippen molar-refractivity contribution in [2.45, 2.75) is 51.7 Å². The van der Waals surface area contributed by atoms with Crippen molar-refractivity contribution in [3.63, 3.8) is 0 Å². The summed E-state index contributed by atoms with van der Waals surface area (Å²) in [6.07, 6.45) is 2.68. The van der Waals surface area contributed by atoms with Crippen LogP contribution in [0.5, 0.6) is 0 Å². The largest absolute Gasteiger partial charge is 0.391 e. The van der Waals surface area contributed by atoms with Crippen LogP contribution in [0.25, 0.3) is 0 Å². The summed E-state index contributed by atoms with van der Waals surface area (Å²) >= 11 is 0. The Morgan fingerprint density at radius 3 is 2.74 bits per heavy atom. The van der Waals surface area contributed by atoms with Crippen molar-refractivity contribution in [3.05, 3.63) is 29.3 Å². The number of amides is 2. The Morgan fingerprint density at radius 1 is 1.35 bits per heavy atom. The molecule has 2 amide bonds. The average molecular weight is 316 g/mol. The Kier molecular flexibility index (Phi) is 4.39. The fourth-order valence-electron chi connectivity index (χ4n) is 3.13. The van der Waals surface area contributed by atoms with E-state index in [0.29, 0.717) is 6.54 Å². The van der Waals surface area contributed by atoms with Crippen molar-refractivity contribution >= 4 is 17.5 Å². The van der Waals surface area contributed by atoms with Crippen LogP contribution in [0.2, 0.25) is 0 Å². The highest BCUT2D eigenvalue weighted by molar-refractivity contribution is 6.00. The molecule has 5 nitrogen and oxygen atoms in total. The van der Waals surface area contributed by atoms with Gasteiger partial charge in [0.1, 0.15) is 6.04 Å². The summed E-state index contributed by atoms with van der Waals surface area (Å²) in [5.74, 6) is -0.329. The average Bonchev–Trinajstić information content (AvgIpc) is 3.35. The minimum Gasteiger partial charge on any atom is -0.391 e. The number of aliphatic hydroxyl groups is 1. The molecule has 0 saturated heterocycles. The Hall–Kier alpha value is -1.88. The van der Waals surface area contributed by atoms with Gasteiger partial charge in [0, 0.05) is 18.2 Å². The molecule has 2 N–H and O–H groups in total. The van der Waals surface area contributed by atoms with Crippen LogP contribution in [0.15, 0.2) is 18.2 Å². The first-order chi connectivity index (χ1) is 11.0. The molecule has 2 atom stereocenters. The zero-order valence-electron chi connectivity index (χ0n) is 13.7. The van der Waals surface area contributed by atoms with Crippen LogP contribution in [-0.4, -0.2) is 35.6 Å². The zero-order chi connectivity index (χ0) is 16.6. The summed E-state index contributed by atoms with van der Waals surface area (Å²) in [6, 6.07) is 5.18. The number of fused-ring (bicyclic) bond motifs is 1. The molecule has 1 aliphatic carbocycles. The molecule has 0 radical (unpaired) electrons. The minimum absolute atomic E-state index is 0.0142. The highest BCUT2D eigenvalue weighted by Crippen LogP contribution is 2.30. The Morgan fingerprint density at radius 2 is 2.09 bits per heavy atom. The molecule has 2 unspecified atom stereocenters. The van der Waals surface area contributed by atoms with Crippen LogP contribution in [0, 0.1) is 12.8 Å². The maximum atomic E-state index is 12.9. The van der Waals surface area contributed by atoms with Gasteiger partial charge in [-0.25, -0.2) is 0 Å². The van der Waals surface area contributed by atoms with E-state index in [1.54, 1.807) is 11.8 Å². The Balaban J connectivity index is 1.82. The molecule has 1 saturated carbocycles. The van der Waals surface area contributed by atoms with Crippen molar-refractivity contribution in [2.75, 3.05) is 11.4 Å². The molecule has 0 aromatic heterocycles. The summed E-state index contributed by atoms with van der Waals surface area (Å²) in [6.45, 7) is 4.21. The number of nitrogens with zero attached hydrogens (tertiary/aromatic N) is 1. The number of rotatable bonds is 4. The fraction of sp³-hybridized carbons (Fsp3) is 0.556. The van der Waals surface area contributed by atoms with Gasteiger partial charge in [0.25, 0.3) is 5.91 Å². The summed E-state index contributed by atoms with van der Waals surface area (Å²) in [5.41, 5.74) is 3.23. The second-order valence-corrected chi connectivity index (χ2v) is 6.73. The van der Waals surface area contributed by atoms with E-state index in [9.17, 15) is 14.7 Å². The lowest BCUT2D eigenvalue weighted by molar-refractivity contribution is -0.130. The minimum atomic E-state index is -0.916. The number of carbonyl (C=O) groups excluding carboxylic acids is 2. The number of aliphatic hydroxyl groups excluding tert-OH is 1. The van der Waals surface area contributed by atoms with E-state index < -0.39 is 12.1 Å². The molecule has 0 bridgehead atoms. The van der Waals surface area contributed by atoms with Crippen molar-refractivity contribution in [2.24, 2.45) is 5.92 Å². The maximum absolute atomic E-state index is 12.9. The molecule has 1 aromatic carbocycles. The molecular weight excluding hydrogens is 292 g/mol. The van der Waals surface area contributed by atoms with Gasteiger partial charge in [-0.2, -0.15) is 0 Å². The molecule has 5 heteroatoms. The van der Waals surface area contributed by atoms with Gasteiger partial charge in [-0.1, -0.05) is 17.7 Å². The van der Waals surface area contributed by atoms with E-state index >= 15 is 0 Å². The molecule has 1 fully saturated rings. The first kappa shape index (κ1) is 16.0. The van der Waals surface area contributed by atoms with Gasteiger partial charge >= 0.3 is 0 Å². The summed E-state index contributed by atoms with van der Waals surface area (Å²) < 4.78 is 0. The molecule has 0 spiro atoms. The van der Waals surface area contributed by atoms with Gasteiger partial charge in [0.2, 0.25) is 5.91 Å². The molecule has 2 aliphatic rings. The molecule has 124 valence electrons. The standard InChI is InChI=1S/C18H24N2O3/c1-11-5-8-15-14(10-11)4-3-9-20(15)18(23)16(12(2)21)19-17(22)13-6-7-13/h5,8,10,12-13,16,21H,3-4,6-7,9H2,1-2H3,(H,19,22). The second-order valence-electron chi connectivity index (χ2n) is 6.73. The molecule has 1 aliphatic heterocycles. The monoisotopic (exact) mass is 316 g/mol. The topological polar surface area (TPSA) is 69.6 Å². The van der Waals surface area contributed by atoms with Crippen LogP contribution >= 0.6 is 0 Å². The van der Waals surface area contributed by atoms with E-state index in [4.69, 9.17) is 0 Å². The highest BCUT2D eigenvalue weighted by Gasteiger charge is 2.36. The van der Waals surface area contributed by atoms with Crippen molar-refractivity contribution in [3.8, 4) is 0 Å². The lowest BCUT2D eigenvalue weighted by Crippen LogP contribution is -2.55. The van der Waals surface area contributed by atoms with Gasteiger partial charge in [-0.15, -0.1) is 0 Å². The third-order valence-electron chi connectivity index (χ3n) is 4.61. The molecular formula is C18H24N2O3. The van der Waals surface area contributed by atoms with E-state index in [-0.39, 0.29) is 17.7 Å². The first-order valence-electron chi connectivity index (χ1n) is 8.36. The maximum Gasteiger partial charge on any atom is 0.252 e. The number of aryl methyl sites for hydroxylation is 2.